The van der Waals surface area contributed by atoms with Crippen molar-refractivity contribution in [1.82, 2.24) is 5.32 Å². The van der Waals surface area contributed by atoms with Gasteiger partial charge in [0.2, 0.25) is 0 Å². The van der Waals surface area contributed by atoms with Crippen molar-refractivity contribution in [3.8, 4) is 0 Å². The lowest BCUT2D eigenvalue weighted by Crippen LogP contribution is -2.09. The number of likely N-dealkylation sites (N-methyl/N-ethyl adjacent to an activating group) is 1. The van der Waals surface area contributed by atoms with E-state index < -0.39 is 0 Å². The highest BCUT2D eigenvalue weighted by Crippen LogP contribution is 1.58. The zero-order valence-electron chi connectivity index (χ0n) is 3.86. The van der Waals surface area contributed by atoms with E-state index in [4.69, 9.17) is 5.53 Å². The minimum absolute atomic E-state index is 0.594. The van der Waals surface area contributed by atoms with E-state index in [0.717, 1.165) is 6.54 Å². The molecule has 0 saturated heterocycles. The van der Waals surface area contributed by atoms with E-state index in [-0.39, 0.29) is 0 Å². The third kappa shape index (κ3) is 3.56. The summed E-state index contributed by atoms with van der Waals surface area (Å²) in [4.78, 5) is 0. The van der Waals surface area contributed by atoms with Crippen LogP contribution in [0.5, 0.6) is 0 Å². The molecular weight excluding hydrogens is 78.1 g/mol. The molecule has 0 aromatic heterocycles. The lowest BCUT2D eigenvalue weighted by molar-refractivity contribution is 0.764. The Kier molecular flexibility index (Phi) is 4.23. The zero-order valence-corrected chi connectivity index (χ0v) is 3.86. The monoisotopic (exact) mass is 87.1 g/mol. The van der Waals surface area contributed by atoms with Gasteiger partial charge in [0, 0.05) is 6.54 Å². The molecule has 0 radical (unpaired) electrons. The summed E-state index contributed by atoms with van der Waals surface area (Å²) in [5.41, 5.74) is 6.29. The minimum Gasteiger partial charge on any atom is -0.318 e. The van der Waals surface area contributed by atoms with Crippen LogP contribution in [-0.4, -0.2) is 20.1 Å². The maximum Gasteiger partial charge on any atom is 0.0720 e. The minimum atomic E-state index is 0.594. The topological polar surface area (TPSA) is 48.2 Å². The number of hydrogen-bond donors (Lipinski definition) is 2. The summed E-state index contributed by atoms with van der Waals surface area (Å²) in [6.07, 6.45) is 0. The van der Waals surface area contributed by atoms with Gasteiger partial charge in [-0.1, -0.05) is 0 Å². The Morgan fingerprint density at radius 2 is 2.50 bits per heavy atom. The average Bonchev–Trinajstić information content (AvgIpc) is 1.61. The van der Waals surface area contributed by atoms with Crippen LogP contribution >= 0.6 is 0 Å². The Bertz CT molecular complexity index is 35.0. The molecule has 0 aliphatic rings. The van der Waals surface area contributed by atoms with Crippen molar-refractivity contribution < 1.29 is 0 Å². The molecule has 0 fully saturated rings. The van der Waals surface area contributed by atoms with E-state index >= 15 is 0 Å². The van der Waals surface area contributed by atoms with Gasteiger partial charge in [0.1, 0.15) is 0 Å². The third-order valence-electron chi connectivity index (χ3n) is 0.474. The molecule has 0 aromatic carbocycles. The first-order chi connectivity index (χ1) is 2.91. The van der Waals surface area contributed by atoms with Crippen molar-refractivity contribution >= 4 is 0 Å². The van der Waals surface area contributed by atoms with Crippen LogP contribution in [0.2, 0.25) is 0 Å². The highest BCUT2D eigenvalue weighted by atomic mass is 15.0. The standard InChI is InChI=1S/C3H9N3/c1-5-2-3-6-4/h4-5H,2-3H2,1H3. The molecule has 0 aliphatic carbocycles. The summed E-state index contributed by atoms with van der Waals surface area (Å²) in [7, 11) is 1.84. The Balaban J connectivity index is 2.49. The number of rotatable bonds is 3. The Labute approximate surface area is 37.3 Å². The molecule has 0 amide bonds. The summed E-state index contributed by atoms with van der Waals surface area (Å²) in [5.74, 6) is 0. The molecule has 3 nitrogen and oxygen atoms in total. The smallest absolute Gasteiger partial charge is 0.0720 e. The number of nitrogens with one attached hydrogen (secondary N) is 2. The molecule has 0 spiro atoms. The van der Waals surface area contributed by atoms with Crippen molar-refractivity contribution in [3.63, 3.8) is 0 Å². The Morgan fingerprint density at radius 3 is 2.67 bits per heavy atom. The van der Waals surface area contributed by atoms with Gasteiger partial charge in [0.15, 0.2) is 0 Å². The normalized spacial score (nSPS) is 8.17. The molecule has 6 heavy (non-hydrogen) atoms. The average molecular weight is 87.1 g/mol. The van der Waals surface area contributed by atoms with Crippen LogP contribution in [0, 0.1) is 5.53 Å². The molecule has 0 atom stereocenters. The van der Waals surface area contributed by atoms with E-state index in [1.165, 1.54) is 0 Å². The molecular formula is C3H9N3. The first-order valence-electron chi connectivity index (χ1n) is 1.89. The first-order valence-corrected chi connectivity index (χ1v) is 1.89. The van der Waals surface area contributed by atoms with Gasteiger partial charge in [-0.3, -0.25) is 0 Å². The van der Waals surface area contributed by atoms with Crippen LogP contribution in [0.3, 0.4) is 0 Å². The molecule has 2 N–H and O–H groups in total. The Hall–Kier alpha value is -0.440. The van der Waals surface area contributed by atoms with Gasteiger partial charge in [-0.15, -0.1) is 0 Å². The fraction of sp³-hybridized carbons (Fsp3) is 1.00. The predicted molar refractivity (Wildman–Crippen MR) is 23.9 cm³/mol. The van der Waals surface area contributed by atoms with Crippen molar-refractivity contribution in [2.45, 2.75) is 0 Å². The highest BCUT2D eigenvalue weighted by molar-refractivity contribution is 4.36. The first kappa shape index (κ1) is 5.56. The zero-order chi connectivity index (χ0) is 4.83. The van der Waals surface area contributed by atoms with Crippen molar-refractivity contribution in [2.75, 3.05) is 20.1 Å². The quantitative estimate of drug-likeness (QED) is 0.376. The lowest BCUT2D eigenvalue weighted by atomic mass is 10.7. The third-order valence-corrected chi connectivity index (χ3v) is 0.474. The maximum absolute atomic E-state index is 6.29. The predicted octanol–water partition coefficient (Wildman–Crippen LogP) is 0.237. The van der Waals surface area contributed by atoms with Gasteiger partial charge < -0.3 is 5.32 Å². The van der Waals surface area contributed by atoms with Gasteiger partial charge in [-0.05, 0) is 7.05 Å². The van der Waals surface area contributed by atoms with E-state index in [0.29, 0.717) is 6.54 Å². The van der Waals surface area contributed by atoms with Gasteiger partial charge in [0.25, 0.3) is 0 Å². The van der Waals surface area contributed by atoms with Gasteiger partial charge in [-0.25, -0.2) is 5.53 Å². The second-order valence-corrected chi connectivity index (χ2v) is 0.985. The molecule has 0 saturated carbocycles. The SMILES string of the molecule is CNCCN=N. The molecule has 3 heteroatoms. The van der Waals surface area contributed by atoms with Crippen molar-refractivity contribution in [2.24, 2.45) is 5.11 Å². The highest BCUT2D eigenvalue weighted by Gasteiger charge is 1.70. The van der Waals surface area contributed by atoms with E-state index in [1.54, 1.807) is 0 Å². The van der Waals surface area contributed by atoms with Crippen LogP contribution in [-0.2, 0) is 0 Å². The number of nitrogens with zero attached hydrogens (tertiary/aromatic N) is 1. The van der Waals surface area contributed by atoms with E-state index in [2.05, 4.69) is 10.4 Å². The molecule has 0 aliphatic heterocycles. The van der Waals surface area contributed by atoms with Gasteiger partial charge in [-0.2, -0.15) is 5.11 Å². The maximum atomic E-state index is 6.29. The summed E-state index contributed by atoms with van der Waals surface area (Å²) in [6, 6.07) is 0. The van der Waals surface area contributed by atoms with Gasteiger partial charge >= 0.3 is 0 Å². The summed E-state index contributed by atoms with van der Waals surface area (Å²) < 4.78 is 0. The summed E-state index contributed by atoms with van der Waals surface area (Å²) >= 11 is 0. The Morgan fingerprint density at radius 1 is 1.83 bits per heavy atom. The van der Waals surface area contributed by atoms with E-state index in [1.807, 2.05) is 7.05 Å². The fourth-order valence-electron chi connectivity index (χ4n) is 0.168. The molecule has 0 rings (SSSR count). The fourth-order valence-corrected chi connectivity index (χ4v) is 0.168. The lowest BCUT2D eigenvalue weighted by Gasteiger charge is -1.85. The second kappa shape index (κ2) is 4.56. The second-order valence-electron chi connectivity index (χ2n) is 0.985. The van der Waals surface area contributed by atoms with Crippen LogP contribution in [0.15, 0.2) is 5.11 Å². The molecule has 0 aromatic rings. The molecule has 0 heterocycles. The van der Waals surface area contributed by atoms with Crippen LogP contribution < -0.4 is 5.32 Å². The molecule has 0 unspecified atom stereocenters. The van der Waals surface area contributed by atoms with Crippen LogP contribution in [0.25, 0.3) is 0 Å². The molecule has 36 valence electrons. The van der Waals surface area contributed by atoms with Crippen LogP contribution in [0.1, 0.15) is 0 Å². The largest absolute Gasteiger partial charge is 0.318 e. The van der Waals surface area contributed by atoms with Crippen LogP contribution in [0.4, 0.5) is 0 Å². The number of hydrogen-bond acceptors (Lipinski definition) is 3. The summed E-state index contributed by atoms with van der Waals surface area (Å²) in [5, 5.41) is 5.97. The van der Waals surface area contributed by atoms with Crippen molar-refractivity contribution in [3.05, 3.63) is 0 Å². The molecule has 0 bridgehead atoms. The van der Waals surface area contributed by atoms with Gasteiger partial charge in [0.05, 0.1) is 6.54 Å². The van der Waals surface area contributed by atoms with Crippen molar-refractivity contribution in [1.29, 1.82) is 5.53 Å². The van der Waals surface area contributed by atoms with E-state index in [9.17, 15) is 0 Å². The summed E-state index contributed by atoms with van der Waals surface area (Å²) in [6.45, 7) is 1.40.